The highest BCUT2D eigenvalue weighted by Crippen LogP contribution is 2.26. The zero-order valence-electron chi connectivity index (χ0n) is 11.2. The van der Waals surface area contributed by atoms with Gasteiger partial charge < -0.3 is 11.1 Å². The zero-order chi connectivity index (χ0) is 14.5. The number of amides is 1. The third-order valence-electron chi connectivity index (χ3n) is 3.52. The van der Waals surface area contributed by atoms with E-state index >= 15 is 0 Å². The lowest BCUT2D eigenvalue weighted by Gasteiger charge is -2.34. The molecule has 20 heavy (non-hydrogen) atoms. The molecular weight excluding hydrogens is 297 g/mol. The van der Waals surface area contributed by atoms with Gasteiger partial charge in [-0.05, 0) is 37.6 Å². The molecule has 0 spiro atoms. The van der Waals surface area contributed by atoms with Crippen molar-refractivity contribution >= 4 is 34.8 Å². The number of halogens is 2. The molecule has 2 rings (SSSR count). The Morgan fingerprint density at radius 2 is 2.15 bits per heavy atom. The number of nitrogens with two attached hydrogens (primary N) is 1. The van der Waals surface area contributed by atoms with E-state index in [1.807, 2.05) is 0 Å². The predicted molar refractivity (Wildman–Crippen MR) is 83.4 cm³/mol. The number of piperidine rings is 1. The quantitative estimate of drug-likeness (QED) is 0.898. The molecule has 1 atom stereocenters. The fourth-order valence-electron chi connectivity index (χ4n) is 2.52. The van der Waals surface area contributed by atoms with Crippen LogP contribution in [0.5, 0.6) is 0 Å². The molecule has 110 valence electrons. The van der Waals surface area contributed by atoms with Crippen LogP contribution in [0.2, 0.25) is 10.0 Å². The van der Waals surface area contributed by atoms with Crippen LogP contribution in [-0.4, -0.2) is 36.5 Å². The van der Waals surface area contributed by atoms with E-state index in [0.29, 0.717) is 22.3 Å². The maximum atomic E-state index is 12.4. The summed E-state index contributed by atoms with van der Waals surface area (Å²) >= 11 is 11.8. The van der Waals surface area contributed by atoms with Gasteiger partial charge in [-0.25, -0.2) is 0 Å². The van der Waals surface area contributed by atoms with Crippen molar-refractivity contribution in [3.63, 3.8) is 0 Å². The number of carbonyl (C=O) groups is 1. The molecular formula is C14H19Cl2N3O. The monoisotopic (exact) mass is 315 g/mol. The molecule has 0 aromatic heterocycles. The Morgan fingerprint density at radius 1 is 1.35 bits per heavy atom. The molecule has 0 radical (unpaired) electrons. The molecule has 6 heteroatoms. The second-order valence-corrected chi connectivity index (χ2v) is 5.77. The third-order valence-corrected chi connectivity index (χ3v) is 4.26. The van der Waals surface area contributed by atoms with Crippen LogP contribution in [0.1, 0.15) is 19.3 Å². The van der Waals surface area contributed by atoms with Crippen LogP contribution in [0.3, 0.4) is 0 Å². The van der Waals surface area contributed by atoms with Crippen LogP contribution in [0, 0.1) is 0 Å². The van der Waals surface area contributed by atoms with Gasteiger partial charge in [-0.2, -0.15) is 0 Å². The highest BCUT2D eigenvalue weighted by molar-refractivity contribution is 6.42. The van der Waals surface area contributed by atoms with E-state index in [1.165, 1.54) is 0 Å². The van der Waals surface area contributed by atoms with Gasteiger partial charge in [-0.15, -0.1) is 0 Å². The van der Waals surface area contributed by atoms with Crippen LogP contribution in [0.25, 0.3) is 0 Å². The van der Waals surface area contributed by atoms with Crippen LogP contribution in [-0.2, 0) is 4.79 Å². The Bertz CT molecular complexity index is 479. The highest BCUT2D eigenvalue weighted by atomic mass is 35.5. The summed E-state index contributed by atoms with van der Waals surface area (Å²) in [6.45, 7) is 2.24. The second kappa shape index (κ2) is 7.27. The van der Waals surface area contributed by atoms with Crippen molar-refractivity contribution in [1.29, 1.82) is 0 Å². The summed E-state index contributed by atoms with van der Waals surface area (Å²) in [5, 5.41) is 3.82. The van der Waals surface area contributed by atoms with Gasteiger partial charge in [0.2, 0.25) is 5.91 Å². The molecule has 1 aromatic rings. The molecule has 1 aliphatic rings. The number of anilines is 1. The van der Waals surface area contributed by atoms with Gasteiger partial charge in [0.25, 0.3) is 0 Å². The fourth-order valence-corrected chi connectivity index (χ4v) is 2.82. The normalized spacial score (nSPS) is 19.9. The van der Waals surface area contributed by atoms with Gasteiger partial charge in [0.15, 0.2) is 0 Å². The number of nitrogens with zero attached hydrogens (tertiary/aromatic N) is 1. The molecule has 1 unspecified atom stereocenters. The highest BCUT2D eigenvalue weighted by Gasteiger charge is 2.28. The van der Waals surface area contributed by atoms with E-state index in [0.717, 1.165) is 32.4 Å². The lowest BCUT2D eigenvalue weighted by Crippen LogP contribution is -2.48. The minimum absolute atomic E-state index is 0.00320. The Hall–Kier alpha value is -0.810. The summed E-state index contributed by atoms with van der Waals surface area (Å²) < 4.78 is 0. The smallest absolute Gasteiger partial charge is 0.241 e. The summed E-state index contributed by atoms with van der Waals surface area (Å²) in [4.78, 5) is 14.5. The Balaban J connectivity index is 2.03. The molecule has 3 N–H and O–H groups in total. The molecule has 1 aliphatic heterocycles. The standard InChI is InChI=1S/C14H19Cl2N3O/c15-11-5-4-10(9-12(11)16)18-14(20)13-3-1-2-7-19(13)8-6-17/h4-5,9,13H,1-3,6-8,17H2,(H,18,20). The molecule has 1 fully saturated rings. The van der Waals surface area contributed by atoms with Crippen LogP contribution in [0.4, 0.5) is 5.69 Å². The summed E-state index contributed by atoms with van der Waals surface area (Å²) in [7, 11) is 0. The Labute approximate surface area is 129 Å². The van der Waals surface area contributed by atoms with Crippen molar-refractivity contribution in [2.45, 2.75) is 25.3 Å². The minimum Gasteiger partial charge on any atom is -0.329 e. The number of carbonyl (C=O) groups excluding carboxylic acids is 1. The lowest BCUT2D eigenvalue weighted by molar-refractivity contribution is -0.122. The molecule has 0 bridgehead atoms. The molecule has 1 saturated heterocycles. The number of likely N-dealkylation sites (tertiary alicyclic amines) is 1. The van der Waals surface area contributed by atoms with Crippen LogP contribution in [0.15, 0.2) is 18.2 Å². The van der Waals surface area contributed by atoms with Crippen molar-refractivity contribution in [1.82, 2.24) is 4.90 Å². The first-order chi connectivity index (χ1) is 9.61. The summed E-state index contributed by atoms with van der Waals surface area (Å²) in [5.74, 6) is -0.00320. The average Bonchev–Trinajstić information content (AvgIpc) is 2.44. The van der Waals surface area contributed by atoms with E-state index in [2.05, 4.69) is 10.2 Å². The van der Waals surface area contributed by atoms with Crippen LogP contribution < -0.4 is 11.1 Å². The van der Waals surface area contributed by atoms with Gasteiger partial charge in [-0.3, -0.25) is 9.69 Å². The van der Waals surface area contributed by atoms with E-state index in [1.54, 1.807) is 18.2 Å². The first-order valence-electron chi connectivity index (χ1n) is 6.82. The van der Waals surface area contributed by atoms with E-state index in [4.69, 9.17) is 28.9 Å². The summed E-state index contributed by atoms with van der Waals surface area (Å²) in [6.07, 6.45) is 3.06. The number of nitrogens with one attached hydrogen (secondary N) is 1. The van der Waals surface area contributed by atoms with Crippen molar-refractivity contribution < 1.29 is 4.79 Å². The fraction of sp³-hybridized carbons (Fsp3) is 0.500. The van der Waals surface area contributed by atoms with Gasteiger partial charge >= 0.3 is 0 Å². The third kappa shape index (κ3) is 3.85. The largest absolute Gasteiger partial charge is 0.329 e. The summed E-state index contributed by atoms with van der Waals surface area (Å²) in [5.41, 5.74) is 6.27. The molecule has 4 nitrogen and oxygen atoms in total. The van der Waals surface area contributed by atoms with Crippen LogP contribution >= 0.6 is 23.2 Å². The molecule has 0 aliphatic carbocycles. The lowest BCUT2D eigenvalue weighted by atomic mass is 10.0. The molecule has 1 amide bonds. The van der Waals surface area contributed by atoms with E-state index < -0.39 is 0 Å². The molecule has 1 heterocycles. The van der Waals surface area contributed by atoms with Crippen molar-refractivity contribution in [2.75, 3.05) is 25.0 Å². The summed E-state index contributed by atoms with van der Waals surface area (Å²) in [6, 6.07) is 4.99. The van der Waals surface area contributed by atoms with Gasteiger partial charge in [0.05, 0.1) is 16.1 Å². The van der Waals surface area contributed by atoms with Gasteiger partial charge in [0.1, 0.15) is 0 Å². The SMILES string of the molecule is NCCN1CCCCC1C(=O)Nc1ccc(Cl)c(Cl)c1. The van der Waals surface area contributed by atoms with E-state index in [9.17, 15) is 4.79 Å². The number of benzene rings is 1. The first-order valence-corrected chi connectivity index (χ1v) is 7.57. The number of hydrogen-bond donors (Lipinski definition) is 2. The van der Waals surface area contributed by atoms with Gasteiger partial charge in [0, 0.05) is 18.8 Å². The van der Waals surface area contributed by atoms with Gasteiger partial charge in [-0.1, -0.05) is 29.6 Å². The Morgan fingerprint density at radius 3 is 2.85 bits per heavy atom. The maximum absolute atomic E-state index is 12.4. The molecule has 1 aromatic carbocycles. The maximum Gasteiger partial charge on any atom is 0.241 e. The second-order valence-electron chi connectivity index (χ2n) is 4.95. The Kier molecular flexibility index (Phi) is 5.66. The minimum atomic E-state index is -0.109. The van der Waals surface area contributed by atoms with Crippen molar-refractivity contribution in [3.05, 3.63) is 28.2 Å². The first kappa shape index (κ1) is 15.6. The number of rotatable bonds is 4. The average molecular weight is 316 g/mol. The van der Waals surface area contributed by atoms with E-state index in [-0.39, 0.29) is 11.9 Å². The predicted octanol–water partition coefficient (Wildman–Crippen LogP) is 2.75. The topological polar surface area (TPSA) is 58.4 Å². The van der Waals surface area contributed by atoms with Crippen molar-refractivity contribution in [3.8, 4) is 0 Å². The number of hydrogen-bond acceptors (Lipinski definition) is 3. The molecule has 0 saturated carbocycles. The van der Waals surface area contributed by atoms with Crippen molar-refractivity contribution in [2.24, 2.45) is 5.73 Å². The zero-order valence-corrected chi connectivity index (χ0v) is 12.8.